The number of nitrogens with two attached hydrogens (primary N) is 1. The van der Waals surface area contributed by atoms with Crippen LogP contribution < -0.4 is 10.5 Å². The Hall–Kier alpha value is -1.05. The molecule has 0 bridgehead atoms. The van der Waals surface area contributed by atoms with Gasteiger partial charge in [0.1, 0.15) is 5.75 Å². The van der Waals surface area contributed by atoms with E-state index in [1.165, 1.54) is 0 Å². The lowest BCUT2D eigenvalue weighted by Crippen LogP contribution is -2.35. The average Bonchev–Trinajstić information content (AvgIpc) is 3.01. The fourth-order valence-electron chi connectivity index (χ4n) is 2.77. The molecule has 1 aliphatic rings. The fraction of sp³-hybridized carbons (Fsp3) is 0.500. The molecule has 1 aromatic heterocycles. The number of likely N-dealkylation sites (tertiary alicyclic amines) is 1. The lowest BCUT2D eigenvalue weighted by Gasteiger charge is -2.30. The number of nitrogens with zero attached hydrogens (tertiary/aromatic N) is 3. The first-order valence-corrected chi connectivity index (χ1v) is 8.71. The highest BCUT2D eigenvalue weighted by Gasteiger charge is 2.21. The predicted molar refractivity (Wildman–Crippen MR) is 99.4 cm³/mol. The second-order valence-electron chi connectivity index (χ2n) is 5.94. The fourth-order valence-corrected chi connectivity index (χ4v) is 3.28. The molecule has 0 atom stereocenters. The molecule has 1 aromatic carbocycles. The maximum absolute atomic E-state index is 5.98. The van der Waals surface area contributed by atoms with E-state index >= 15 is 0 Å². The van der Waals surface area contributed by atoms with Crippen molar-refractivity contribution in [2.75, 3.05) is 19.7 Å². The summed E-state index contributed by atoms with van der Waals surface area (Å²) in [7, 11) is 0. The standard InChI is InChI=1S/C16H20Cl2N4O2.ClH/c17-12-5-13(18)7-14(6-12)23-10-11-1-3-22(4-2-11)9-15-20-16(8-19)24-21-15;/h5-7,11H,1-4,8-10,19H2;1H. The molecule has 0 aliphatic carbocycles. The van der Waals surface area contributed by atoms with Gasteiger partial charge in [-0.3, -0.25) is 4.90 Å². The number of rotatable bonds is 6. The van der Waals surface area contributed by atoms with Crippen molar-refractivity contribution >= 4 is 35.6 Å². The number of hydrogen-bond acceptors (Lipinski definition) is 6. The van der Waals surface area contributed by atoms with Gasteiger partial charge in [-0.05, 0) is 50.0 Å². The third-order valence-electron chi connectivity index (χ3n) is 4.08. The van der Waals surface area contributed by atoms with Crippen molar-refractivity contribution in [2.45, 2.75) is 25.9 Å². The first-order valence-electron chi connectivity index (χ1n) is 7.95. The van der Waals surface area contributed by atoms with Crippen molar-refractivity contribution in [3.8, 4) is 5.75 Å². The van der Waals surface area contributed by atoms with Crippen LogP contribution in [0.2, 0.25) is 10.0 Å². The molecule has 0 unspecified atom stereocenters. The van der Waals surface area contributed by atoms with Gasteiger partial charge in [0, 0.05) is 10.0 Å². The largest absolute Gasteiger partial charge is 0.493 e. The SMILES string of the molecule is Cl.NCc1nc(CN2CCC(COc3cc(Cl)cc(Cl)c3)CC2)no1. The lowest BCUT2D eigenvalue weighted by atomic mass is 9.98. The summed E-state index contributed by atoms with van der Waals surface area (Å²) in [6, 6.07) is 5.27. The number of hydrogen-bond donors (Lipinski definition) is 1. The molecule has 0 radical (unpaired) electrons. The second kappa shape index (κ2) is 9.59. The smallest absolute Gasteiger partial charge is 0.240 e. The average molecular weight is 408 g/mol. The minimum absolute atomic E-state index is 0. The number of halogens is 3. The zero-order valence-electron chi connectivity index (χ0n) is 13.7. The summed E-state index contributed by atoms with van der Waals surface area (Å²) in [6.07, 6.45) is 2.13. The van der Waals surface area contributed by atoms with Crippen LogP contribution in [-0.4, -0.2) is 34.7 Å². The van der Waals surface area contributed by atoms with E-state index in [4.69, 9.17) is 38.2 Å². The maximum Gasteiger partial charge on any atom is 0.240 e. The zero-order valence-corrected chi connectivity index (χ0v) is 16.0. The van der Waals surface area contributed by atoms with Crippen molar-refractivity contribution in [1.82, 2.24) is 15.0 Å². The molecule has 25 heavy (non-hydrogen) atoms. The highest BCUT2D eigenvalue weighted by molar-refractivity contribution is 6.34. The molecular formula is C16H21Cl3N4O2. The van der Waals surface area contributed by atoms with E-state index in [9.17, 15) is 0 Å². The first-order chi connectivity index (χ1) is 11.6. The van der Waals surface area contributed by atoms with Gasteiger partial charge in [-0.1, -0.05) is 28.4 Å². The van der Waals surface area contributed by atoms with E-state index in [0.717, 1.165) is 31.7 Å². The summed E-state index contributed by atoms with van der Waals surface area (Å²) in [4.78, 5) is 6.56. The minimum atomic E-state index is 0. The van der Waals surface area contributed by atoms with E-state index < -0.39 is 0 Å². The summed E-state index contributed by atoms with van der Waals surface area (Å²) >= 11 is 12.0. The second-order valence-corrected chi connectivity index (χ2v) is 6.82. The van der Waals surface area contributed by atoms with Crippen molar-refractivity contribution in [3.05, 3.63) is 40.0 Å². The van der Waals surface area contributed by atoms with Gasteiger partial charge < -0.3 is 15.0 Å². The zero-order chi connectivity index (χ0) is 16.9. The third-order valence-corrected chi connectivity index (χ3v) is 4.52. The number of aromatic nitrogens is 2. The highest BCUT2D eigenvalue weighted by atomic mass is 35.5. The van der Waals surface area contributed by atoms with E-state index in [1.54, 1.807) is 18.2 Å². The Labute approximate surface area is 163 Å². The molecule has 6 nitrogen and oxygen atoms in total. The van der Waals surface area contributed by atoms with Gasteiger partial charge in [-0.25, -0.2) is 0 Å². The Morgan fingerprint density at radius 2 is 1.88 bits per heavy atom. The number of benzene rings is 1. The molecule has 1 aliphatic heterocycles. The Morgan fingerprint density at radius 3 is 2.48 bits per heavy atom. The highest BCUT2D eigenvalue weighted by Crippen LogP contribution is 2.26. The third kappa shape index (κ3) is 6.01. The van der Waals surface area contributed by atoms with Gasteiger partial charge in [-0.15, -0.1) is 12.4 Å². The summed E-state index contributed by atoms with van der Waals surface area (Å²) in [5.41, 5.74) is 5.47. The molecule has 2 heterocycles. The van der Waals surface area contributed by atoms with Crippen molar-refractivity contribution < 1.29 is 9.26 Å². The van der Waals surface area contributed by atoms with Gasteiger partial charge in [0.15, 0.2) is 5.82 Å². The van der Waals surface area contributed by atoms with Gasteiger partial charge in [0.05, 0.1) is 19.7 Å². The molecule has 1 fully saturated rings. The molecule has 0 spiro atoms. The van der Waals surface area contributed by atoms with Gasteiger partial charge in [0.2, 0.25) is 5.89 Å². The minimum Gasteiger partial charge on any atom is -0.493 e. The van der Waals surface area contributed by atoms with Gasteiger partial charge >= 0.3 is 0 Å². The van der Waals surface area contributed by atoms with Crippen molar-refractivity contribution in [3.63, 3.8) is 0 Å². The van der Waals surface area contributed by atoms with Crippen molar-refractivity contribution in [1.29, 1.82) is 0 Å². The van der Waals surface area contributed by atoms with Crippen LogP contribution in [0.4, 0.5) is 0 Å². The molecular weight excluding hydrogens is 387 g/mol. The van der Waals surface area contributed by atoms with Crippen LogP contribution in [0, 0.1) is 5.92 Å². The molecule has 9 heteroatoms. The summed E-state index contributed by atoms with van der Waals surface area (Å²) < 4.78 is 10.9. The molecule has 2 N–H and O–H groups in total. The van der Waals surface area contributed by atoms with Crippen LogP contribution in [0.1, 0.15) is 24.6 Å². The molecule has 138 valence electrons. The summed E-state index contributed by atoms with van der Waals surface area (Å²) in [5, 5.41) is 5.11. The topological polar surface area (TPSA) is 77.4 Å². The molecule has 0 saturated carbocycles. The van der Waals surface area contributed by atoms with Crippen LogP contribution in [-0.2, 0) is 13.1 Å². The van der Waals surface area contributed by atoms with Crippen LogP contribution in [0.5, 0.6) is 5.75 Å². The summed E-state index contributed by atoms with van der Waals surface area (Å²) in [6.45, 7) is 3.61. The Kier molecular flexibility index (Phi) is 7.78. The van der Waals surface area contributed by atoms with Gasteiger partial charge in [-0.2, -0.15) is 4.98 Å². The monoisotopic (exact) mass is 406 g/mol. The van der Waals surface area contributed by atoms with E-state index in [1.807, 2.05) is 0 Å². The number of ether oxygens (including phenoxy) is 1. The summed E-state index contributed by atoms with van der Waals surface area (Å²) in [5.74, 6) is 2.41. The molecule has 1 saturated heterocycles. The first kappa shape index (κ1) is 20.3. The van der Waals surface area contributed by atoms with Crippen LogP contribution >= 0.6 is 35.6 Å². The molecule has 3 rings (SSSR count). The lowest BCUT2D eigenvalue weighted by molar-refractivity contribution is 0.134. The Morgan fingerprint density at radius 1 is 1.20 bits per heavy atom. The quantitative estimate of drug-likeness (QED) is 0.789. The van der Waals surface area contributed by atoms with Gasteiger partial charge in [0.25, 0.3) is 0 Å². The van der Waals surface area contributed by atoms with E-state index in [0.29, 0.717) is 40.8 Å². The molecule has 2 aromatic rings. The van der Waals surface area contributed by atoms with E-state index in [2.05, 4.69) is 15.0 Å². The van der Waals surface area contributed by atoms with E-state index in [-0.39, 0.29) is 19.0 Å². The van der Waals surface area contributed by atoms with Crippen LogP contribution in [0.25, 0.3) is 0 Å². The normalized spacial score (nSPS) is 15.8. The molecule has 0 amide bonds. The Balaban J connectivity index is 0.00000225. The van der Waals surface area contributed by atoms with Crippen LogP contribution in [0.15, 0.2) is 22.7 Å². The maximum atomic E-state index is 5.98. The Bertz CT molecular complexity index is 655. The van der Waals surface area contributed by atoms with Crippen molar-refractivity contribution in [2.24, 2.45) is 11.7 Å². The number of piperidine rings is 1. The predicted octanol–water partition coefficient (Wildman–Crippen LogP) is 3.55. The van der Waals surface area contributed by atoms with Crippen LogP contribution in [0.3, 0.4) is 0 Å².